The lowest BCUT2D eigenvalue weighted by Crippen LogP contribution is -2.40. The van der Waals surface area contributed by atoms with E-state index in [2.05, 4.69) is 11.9 Å². The van der Waals surface area contributed by atoms with Gasteiger partial charge in [0.1, 0.15) is 5.82 Å². The van der Waals surface area contributed by atoms with Crippen molar-refractivity contribution in [2.75, 3.05) is 26.2 Å². The lowest BCUT2D eigenvalue weighted by atomic mass is 9.96. The van der Waals surface area contributed by atoms with Crippen molar-refractivity contribution < 1.29 is 13.2 Å². The van der Waals surface area contributed by atoms with E-state index in [9.17, 15) is 13.2 Å². The molecule has 1 amide bonds. The number of imidazole rings is 1. The van der Waals surface area contributed by atoms with Crippen LogP contribution in [0.2, 0.25) is 0 Å². The molecule has 2 aliphatic heterocycles. The number of carbonyl (C=O) groups is 1. The molecule has 5 rings (SSSR count). The maximum Gasteiger partial charge on any atom is 0.253 e. The molecule has 1 N–H and O–H groups in total. The second-order valence-corrected chi connectivity index (χ2v) is 12.1. The van der Waals surface area contributed by atoms with Crippen LogP contribution < -0.4 is 0 Å². The van der Waals surface area contributed by atoms with E-state index in [1.54, 1.807) is 10.4 Å². The number of H-pyrrole nitrogens is 1. The highest BCUT2D eigenvalue weighted by Gasteiger charge is 2.32. The van der Waals surface area contributed by atoms with Crippen LogP contribution in [0.4, 0.5) is 0 Å². The molecule has 3 heterocycles. The van der Waals surface area contributed by atoms with Crippen LogP contribution in [0.3, 0.4) is 0 Å². The Morgan fingerprint density at radius 1 is 1.06 bits per heavy atom. The summed E-state index contributed by atoms with van der Waals surface area (Å²) in [7, 11) is -3.65. The van der Waals surface area contributed by atoms with Gasteiger partial charge in [0.2, 0.25) is 10.0 Å². The summed E-state index contributed by atoms with van der Waals surface area (Å²) in [6.07, 6.45) is 3.58. The van der Waals surface area contributed by atoms with Gasteiger partial charge in [0.15, 0.2) is 0 Å². The number of amides is 1. The summed E-state index contributed by atoms with van der Waals surface area (Å²) in [5, 5.41) is 0. The molecule has 186 valence electrons. The summed E-state index contributed by atoms with van der Waals surface area (Å²) in [6.45, 7) is 8.18. The highest BCUT2D eigenvalue weighted by molar-refractivity contribution is 7.89. The van der Waals surface area contributed by atoms with E-state index in [0.29, 0.717) is 37.7 Å². The minimum atomic E-state index is -3.65. The van der Waals surface area contributed by atoms with Gasteiger partial charge in [-0.1, -0.05) is 19.1 Å². The third-order valence-electron chi connectivity index (χ3n) is 7.73. The molecule has 2 aromatic carbocycles. The highest BCUT2D eigenvalue weighted by Crippen LogP contribution is 2.31. The molecule has 0 spiro atoms. The van der Waals surface area contributed by atoms with E-state index in [0.717, 1.165) is 53.7 Å². The molecule has 2 fully saturated rings. The van der Waals surface area contributed by atoms with Crippen LogP contribution in [0.5, 0.6) is 0 Å². The smallest absolute Gasteiger partial charge is 0.253 e. The average Bonchev–Trinajstić information content (AvgIpc) is 3.30. The number of hydrogen-bond acceptors (Lipinski definition) is 4. The van der Waals surface area contributed by atoms with Crippen molar-refractivity contribution >= 4 is 27.0 Å². The molecule has 0 saturated carbocycles. The molecular weight excluding hydrogens is 460 g/mol. The standard InChI is InChI=1S/C27H34N4O3S/c1-18-10-13-31(14-11-18)35(33,34)25-16-22(15-19(2)20(25)3)27(32)30-12-6-7-21(17-30)26-28-23-8-4-5-9-24(23)29-26/h4-5,8-9,15-16,18,21H,6-7,10-14,17H2,1-3H3,(H,28,29). The molecule has 8 heteroatoms. The van der Waals surface area contributed by atoms with E-state index in [1.807, 2.05) is 49.1 Å². The number of aromatic amines is 1. The number of nitrogens with zero attached hydrogens (tertiary/aromatic N) is 3. The number of carbonyl (C=O) groups excluding carboxylic acids is 1. The summed E-state index contributed by atoms with van der Waals surface area (Å²) in [5.74, 6) is 1.46. The highest BCUT2D eigenvalue weighted by atomic mass is 32.2. The number of para-hydroxylation sites is 2. The van der Waals surface area contributed by atoms with Crippen molar-refractivity contribution in [3.05, 3.63) is 58.9 Å². The molecule has 2 aliphatic rings. The maximum atomic E-state index is 13.6. The molecule has 3 aromatic rings. The van der Waals surface area contributed by atoms with Gasteiger partial charge in [-0.05, 0) is 80.8 Å². The number of fused-ring (bicyclic) bond motifs is 1. The average molecular weight is 495 g/mol. The fourth-order valence-corrected chi connectivity index (χ4v) is 7.11. The number of aryl methyl sites for hydroxylation is 1. The lowest BCUT2D eigenvalue weighted by Gasteiger charge is -2.32. The van der Waals surface area contributed by atoms with Crippen LogP contribution in [0.25, 0.3) is 11.0 Å². The lowest BCUT2D eigenvalue weighted by molar-refractivity contribution is 0.0704. The Morgan fingerprint density at radius 3 is 2.54 bits per heavy atom. The molecule has 1 atom stereocenters. The van der Waals surface area contributed by atoms with Crippen molar-refractivity contribution in [2.24, 2.45) is 5.92 Å². The van der Waals surface area contributed by atoms with E-state index in [4.69, 9.17) is 4.98 Å². The molecule has 35 heavy (non-hydrogen) atoms. The van der Waals surface area contributed by atoms with Crippen LogP contribution >= 0.6 is 0 Å². The van der Waals surface area contributed by atoms with E-state index < -0.39 is 10.0 Å². The van der Waals surface area contributed by atoms with Crippen LogP contribution in [0.15, 0.2) is 41.3 Å². The predicted molar refractivity (Wildman–Crippen MR) is 137 cm³/mol. The number of piperidine rings is 2. The second kappa shape index (κ2) is 9.39. The first-order valence-electron chi connectivity index (χ1n) is 12.6. The fraction of sp³-hybridized carbons (Fsp3) is 0.481. The molecular formula is C27H34N4O3S. The SMILES string of the molecule is Cc1cc(C(=O)N2CCCC(c3nc4ccccc4[nH]3)C2)cc(S(=O)(=O)N2CCC(C)CC2)c1C. The second-order valence-electron chi connectivity index (χ2n) is 10.2. The Bertz CT molecular complexity index is 1320. The number of benzene rings is 2. The van der Waals surface area contributed by atoms with Crippen molar-refractivity contribution in [2.45, 2.75) is 57.3 Å². The Hall–Kier alpha value is -2.71. The van der Waals surface area contributed by atoms with Gasteiger partial charge in [-0.15, -0.1) is 0 Å². The summed E-state index contributed by atoms with van der Waals surface area (Å²) in [4.78, 5) is 23.9. The zero-order chi connectivity index (χ0) is 24.7. The van der Waals surface area contributed by atoms with Gasteiger partial charge in [0.25, 0.3) is 5.91 Å². The maximum absolute atomic E-state index is 13.6. The number of hydrogen-bond donors (Lipinski definition) is 1. The first kappa shape index (κ1) is 24.0. The Kier molecular flexibility index (Phi) is 6.44. The van der Waals surface area contributed by atoms with Crippen molar-refractivity contribution in [1.82, 2.24) is 19.2 Å². The van der Waals surface area contributed by atoms with Gasteiger partial charge in [-0.3, -0.25) is 4.79 Å². The fourth-order valence-electron chi connectivity index (χ4n) is 5.32. The third-order valence-corrected chi connectivity index (χ3v) is 9.75. The Labute approximate surface area is 207 Å². The van der Waals surface area contributed by atoms with E-state index in [-0.39, 0.29) is 16.7 Å². The normalized spacial score (nSPS) is 20.4. The molecule has 0 aliphatic carbocycles. The molecule has 0 radical (unpaired) electrons. The van der Waals surface area contributed by atoms with Crippen LogP contribution in [-0.2, 0) is 10.0 Å². The van der Waals surface area contributed by atoms with Crippen LogP contribution in [-0.4, -0.2) is 59.7 Å². The number of nitrogens with one attached hydrogen (secondary N) is 1. The molecule has 1 unspecified atom stereocenters. The number of sulfonamides is 1. The topological polar surface area (TPSA) is 86.4 Å². The molecule has 2 saturated heterocycles. The minimum absolute atomic E-state index is 0.113. The first-order valence-corrected chi connectivity index (χ1v) is 14.0. The summed E-state index contributed by atoms with van der Waals surface area (Å²) >= 11 is 0. The van der Waals surface area contributed by atoms with Gasteiger partial charge in [-0.25, -0.2) is 13.4 Å². The minimum Gasteiger partial charge on any atom is -0.342 e. The van der Waals surface area contributed by atoms with Crippen molar-refractivity contribution in [3.63, 3.8) is 0 Å². The zero-order valence-corrected chi connectivity index (χ0v) is 21.6. The monoisotopic (exact) mass is 494 g/mol. The van der Waals surface area contributed by atoms with Gasteiger partial charge in [0, 0.05) is 37.7 Å². The van der Waals surface area contributed by atoms with E-state index in [1.165, 1.54) is 0 Å². The van der Waals surface area contributed by atoms with Gasteiger partial charge in [0.05, 0.1) is 15.9 Å². The van der Waals surface area contributed by atoms with Crippen molar-refractivity contribution in [3.8, 4) is 0 Å². The summed E-state index contributed by atoms with van der Waals surface area (Å²) < 4.78 is 28.6. The summed E-state index contributed by atoms with van der Waals surface area (Å²) in [5.41, 5.74) is 3.93. The Balaban J connectivity index is 1.40. The predicted octanol–water partition coefficient (Wildman–Crippen LogP) is 4.62. The quantitative estimate of drug-likeness (QED) is 0.573. The van der Waals surface area contributed by atoms with Crippen LogP contribution in [0, 0.1) is 19.8 Å². The zero-order valence-electron chi connectivity index (χ0n) is 20.8. The van der Waals surface area contributed by atoms with Crippen molar-refractivity contribution in [1.29, 1.82) is 0 Å². The molecule has 1 aromatic heterocycles. The number of rotatable bonds is 4. The molecule has 0 bridgehead atoms. The number of aromatic nitrogens is 2. The Morgan fingerprint density at radius 2 is 1.80 bits per heavy atom. The van der Waals surface area contributed by atoms with Gasteiger partial charge >= 0.3 is 0 Å². The van der Waals surface area contributed by atoms with Gasteiger partial charge < -0.3 is 9.88 Å². The third kappa shape index (κ3) is 4.61. The largest absolute Gasteiger partial charge is 0.342 e. The first-order chi connectivity index (χ1) is 16.7. The van der Waals surface area contributed by atoms with Crippen LogP contribution in [0.1, 0.15) is 65.8 Å². The summed E-state index contributed by atoms with van der Waals surface area (Å²) in [6, 6.07) is 11.4. The van der Waals surface area contributed by atoms with E-state index >= 15 is 0 Å². The molecule has 7 nitrogen and oxygen atoms in total. The van der Waals surface area contributed by atoms with Gasteiger partial charge in [-0.2, -0.15) is 4.31 Å². The number of likely N-dealkylation sites (tertiary alicyclic amines) is 1.